The second kappa shape index (κ2) is 12.0. The molecular formula is C14H24N4Pd. The van der Waals surface area contributed by atoms with E-state index >= 15 is 0 Å². The molecule has 0 aromatic rings. The summed E-state index contributed by atoms with van der Waals surface area (Å²) in [5.74, 6) is 0. The van der Waals surface area contributed by atoms with E-state index in [2.05, 4.69) is 52.2 Å². The van der Waals surface area contributed by atoms with Crippen LogP contribution >= 0.6 is 0 Å². The number of nitriles is 2. The summed E-state index contributed by atoms with van der Waals surface area (Å²) in [4.78, 5) is 0. The van der Waals surface area contributed by atoms with Crippen molar-refractivity contribution in [2.24, 2.45) is 0 Å². The number of unbranched alkanes of at least 4 members (excludes halogenated alkanes) is 1. The maximum absolute atomic E-state index is 7.71. The van der Waals surface area contributed by atoms with Crippen LogP contribution in [0.25, 0.3) is 0 Å². The third-order valence-electron chi connectivity index (χ3n) is 1.35. The summed E-state index contributed by atoms with van der Waals surface area (Å²) in [6, 6.07) is 3.33. The molecule has 0 aliphatic carbocycles. The van der Waals surface area contributed by atoms with Gasteiger partial charge in [0, 0.05) is 43.9 Å². The van der Waals surface area contributed by atoms with Gasteiger partial charge in [0.1, 0.15) is 0 Å². The normalized spacial score (nSPS) is 10.3. The summed E-state index contributed by atoms with van der Waals surface area (Å²) < 4.78 is 0. The molecule has 0 saturated carbocycles. The van der Waals surface area contributed by atoms with Crippen molar-refractivity contribution in [2.45, 2.75) is 52.6 Å². The molecule has 19 heavy (non-hydrogen) atoms. The summed E-state index contributed by atoms with van der Waals surface area (Å²) in [5, 5.41) is 21.9. The van der Waals surface area contributed by atoms with Crippen molar-refractivity contribution in [2.75, 3.05) is 0 Å². The van der Waals surface area contributed by atoms with E-state index in [1.807, 2.05) is 12.4 Å². The number of hydrogen-bond acceptors (Lipinski definition) is 4. The first-order valence-corrected chi connectivity index (χ1v) is 5.77. The molecule has 0 aliphatic heterocycles. The first kappa shape index (κ1) is 23.1. The van der Waals surface area contributed by atoms with Gasteiger partial charge < -0.3 is 10.6 Å². The van der Waals surface area contributed by atoms with Crippen LogP contribution in [0.1, 0.15) is 41.5 Å². The molecule has 0 unspecified atom stereocenters. The Morgan fingerprint density at radius 2 is 1.00 bits per heavy atom. The van der Waals surface area contributed by atoms with Gasteiger partial charge in [0.05, 0.1) is 25.0 Å². The van der Waals surface area contributed by atoms with Gasteiger partial charge in [-0.15, -0.1) is 0 Å². The van der Waals surface area contributed by atoms with Crippen molar-refractivity contribution >= 4 is 0 Å². The molecule has 0 aliphatic rings. The van der Waals surface area contributed by atoms with Crippen molar-refractivity contribution in [3.63, 3.8) is 0 Å². The Morgan fingerprint density at radius 3 is 1.16 bits per heavy atom. The largest absolute Gasteiger partial charge is 0.385 e. The smallest absolute Gasteiger partial charge is 0.0806 e. The predicted molar refractivity (Wildman–Crippen MR) is 74.7 cm³/mol. The molecule has 0 bridgehead atoms. The zero-order valence-corrected chi connectivity index (χ0v) is 14.1. The maximum Gasteiger partial charge on any atom is 0.0806 e. The first-order chi connectivity index (χ1) is 8.12. The van der Waals surface area contributed by atoms with Crippen LogP contribution in [0, 0.1) is 35.5 Å². The van der Waals surface area contributed by atoms with Crippen molar-refractivity contribution in [3.05, 3.63) is 25.2 Å². The quantitative estimate of drug-likeness (QED) is 0.604. The minimum Gasteiger partial charge on any atom is -0.385 e. The molecule has 110 valence electrons. The topological polar surface area (TPSA) is 71.6 Å². The molecule has 0 rings (SSSR count). The molecule has 2 radical (unpaired) electrons. The van der Waals surface area contributed by atoms with Crippen LogP contribution in [0.5, 0.6) is 0 Å². The summed E-state index contributed by atoms with van der Waals surface area (Å²) in [5.41, 5.74) is 0.298. The molecule has 0 amide bonds. The first-order valence-electron chi connectivity index (χ1n) is 5.77. The SMILES string of the molecule is CC(C)(C)N/C=C\NC(C)(C)C.N#C[CH][CH]C#N.[Pd]. The van der Waals surface area contributed by atoms with Crippen molar-refractivity contribution in [1.82, 2.24) is 10.6 Å². The Morgan fingerprint density at radius 1 is 0.737 bits per heavy atom. The predicted octanol–water partition coefficient (Wildman–Crippen LogP) is 2.67. The van der Waals surface area contributed by atoms with Gasteiger partial charge in [-0.2, -0.15) is 10.5 Å². The number of nitrogens with one attached hydrogen (secondary N) is 2. The van der Waals surface area contributed by atoms with E-state index in [0.29, 0.717) is 0 Å². The monoisotopic (exact) mass is 354 g/mol. The average Bonchev–Trinajstić information content (AvgIpc) is 2.20. The minimum absolute atomic E-state index is 0. The zero-order chi connectivity index (χ0) is 14.7. The standard InChI is InChI=1S/C10H22N2.C4H2N2.Pd/c1-9(2,3)11-7-8-12-10(4,5)6;5-3-1-2-4-6;/h7-8,11-12H,1-6H3;1-2H;/b8-7-;;. The number of nitrogens with zero attached hydrogens (tertiary/aromatic N) is 2. The minimum atomic E-state index is 0. The zero-order valence-electron chi connectivity index (χ0n) is 12.5. The van der Waals surface area contributed by atoms with Crippen LogP contribution in [-0.4, -0.2) is 11.1 Å². The molecule has 0 heterocycles. The average molecular weight is 355 g/mol. The van der Waals surface area contributed by atoms with Gasteiger partial charge in [-0.25, -0.2) is 0 Å². The summed E-state index contributed by atoms with van der Waals surface area (Å²) in [6.07, 6.45) is 6.15. The summed E-state index contributed by atoms with van der Waals surface area (Å²) in [6.45, 7) is 12.8. The Balaban J connectivity index is -0.000000313. The van der Waals surface area contributed by atoms with Crippen molar-refractivity contribution in [1.29, 1.82) is 10.5 Å². The molecule has 5 heteroatoms. The van der Waals surface area contributed by atoms with Gasteiger partial charge in [-0.1, -0.05) is 0 Å². The van der Waals surface area contributed by atoms with E-state index in [9.17, 15) is 0 Å². The molecule has 2 N–H and O–H groups in total. The van der Waals surface area contributed by atoms with Gasteiger partial charge in [0.2, 0.25) is 0 Å². The van der Waals surface area contributed by atoms with E-state index in [4.69, 9.17) is 10.5 Å². The molecule has 0 saturated heterocycles. The van der Waals surface area contributed by atoms with E-state index < -0.39 is 0 Å². The Bertz CT molecular complexity index is 278. The molecule has 4 nitrogen and oxygen atoms in total. The fourth-order valence-electron chi connectivity index (χ4n) is 0.658. The van der Waals surface area contributed by atoms with Crippen molar-refractivity contribution in [3.8, 4) is 12.1 Å². The van der Waals surface area contributed by atoms with Gasteiger partial charge in [-0.3, -0.25) is 0 Å². The van der Waals surface area contributed by atoms with Crippen LogP contribution < -0.4 is 10.6 Å². The molecule has 0 aromatic carbocycles. The van der Waals surface area contributed by atoms with Gasteiger partial charge >= 0.3 is 0 Å². The van der Waals surface area contributed by atoms with E-state index in [0.717, 1.165) is 12.8 Å². The number of rotatable bonds is 3. The molecule has 0 atom stereocenters. The van der Waals surface area contributed by atoms with Crippen LogP contribution in [0.4, 0.5) is 0 Å². The van der Waals surface area contributed by atoms with Gasteiger partial charge in [0.15, 0.2) is 0 Å². The summed E-state index contributed by atoms with van der Waals surface area (Å²) >= 11 is 0. The van der Waals surface area contributed by atoms with Crippen LogP contribution in [0.3, 0.4) is 0 Å². The second-order valence-corrected chi connectivity index (χ2v) is 5.71. The number of hydrogen-bond donors (Lipinski definition) is 2. The summed E-state index contributed by atoms with van der Waals surface area (Å²) in [7, 11) is 0. The maximum atomic E-state index is 7.71. The van der Waals surface area contributed by atoms with E-state index in [1.54, 1.807) is 12.1 Å². The van der Waals surface area contributed by atoms with Crippen LogP contribution in [0.15, 0.2) is 12.4 Å². The Kier molecular flexibility index (Phi) is 14.6. The fraction of sp³-hybridized carbons (Fsp3) is 0.571. The molecular weight excluding hydrogens is 331 g/mol. The Labute approximate surface area is 131 Å². The van der Waals surface area contributed by atoms with Gasteiger partial charge in [0.25, 0.3) is 0 Å². The van der Waals surface area contributed by atoms with Gasteiger partial charge in [-0.05, 0) is 41.5 Å². The van der Waals surface area contributed by atoms with E-state index in [-0.39, 0.29) is 31.5 Å². The second-order valence-electron chi connectivity index (χ2n) is 5.71. The fourth-order valence-corrected chi connectivity index (χ4v) is 0.658. The molecule has 0 aromatic heterocycles. The van der Waals surface area contributed by atoms with Crippen molar-refractivity contribution < 1.29 is 20.4 Å². The van der Waals surface area contributed by atoms with Crippen LogP contribution in [-0.2, 0) is 20.4 Å². The third kappa shape index (κ3) is 31.6. The van der Waals surface area contributed by atoms with Crippen LogP contribution in [0.2, 0.25) is 0 Å². The molecule has 0 fully saturated rings. The molecule has 0 spiro atoms. The third-order valence-corrected chi connectivity index (χ3v) is 1.35. The van der Waals surface area contributed by atoms with E-state index in [1.165, 1.54) is 0 Å². The Hall–Kier alpha value is -1.02.